The molecule has 1 heterocycles. The molecule has 0 fully saturated rings. The lowest BCUT2D eigenvalue weighted by molar-refractivity contribution is 0.485. The van der Waals surface area contributed by atoms with Crippen LogP contribution >= 0.6 is 0 Å². The quantitative estimate of drug-likeness (QED) is 0.420. The first kappa shape index (κ1) is 19.3. The molecule has 0 aliphatic carbocycles. The largest absolute Gasteiger partial charge is 0.455 e. The first-order chi connectivity index (χ1) is 14.6. The van der Waals surface area contributed by atoms with E-state index < -0.39 is 14.9 Å². The second kappa shape index (κ2) is 8.15. The van der Waals surface area contributed by atoms with E-state index in [0.717, 1.165) is 10.9 Å². The molecule has 7 heteroatoms. The molecule has 1 aromatic heterocycles. The molecule has 3 aromatic carbocycles. The molecule has 4 aromatic rings. The number of ether oxygens (including phenoxy) is 1. The fraction of sp³-hybridized carbons (Fsp3) is 0. The standard InChI is InChI=1S/C23H17N3O3S/c24-15-19(14-17-16-25-21-11-5-4-10-20(17)21)30(27,28)26-22-12-6-7-13-23(22)29-18-8-2-1-3-9-18/h1-14,16,25-26H. The summed E-state index contributed by atoms with van der Waals surface area (Å²) >= 11 is 0. The summed E-state index contributed by atoms with van der Waals surface area (Å²) in [5, 5.41) is 10.4. The third-order valence-electron chi connectivity index (χ3n) is 4.41. The Bertz CT molecular complexity index is 1370. The summed E-state index contributed by atoms with van der Waals surface area (Å²) in [4.78, 5) is 2.66. The highest BCUT2D eigenvalue weighted by Gasteiger charge is 2.20. The number of rotatable bonds is 6. The molecule has 148 valence electrons. The van der Waals surface area contributed by atoms with Gasteiger partial charge in [0.1, 0.15) is 11.8 Å². The molecule has 0 spiro atoms. The second-order valence-corrected chi connectivity index (χ2v) is 8.08. The lowest BCUT2D eigenvalue weighted by atomic mass is 10.1. The minimum atomic E-state index is -4.13. The minimum Gasteiger partial charge on any atom is -0.455 e. The molecule has 0 bridgehead atoms. The van der Waals surface area contributed by atoms with E-state index >= 15 is 0 Å². The van der Waals surface area contributed by atoms with Gasteiger partial charge in [-0.25, -0.2) is 8.42 Å². The summed E-state index contributed by atoms with van der Waals surface area (Å²) in [6.07, 6.45) is 3.02. The second-order valence-electron chi connectivity index (χ2n) is 6.43. The van der Waals surface area contributed by atoms with E-state index in [2.05, 4.69) is 9.71 Å². The number of anilines is 1. The molecule has 0 aliphatic heterocycles. The highest BCUT2D eigenvalue weighted by atomic mass is 32.2. The van der Waals surface area contributed by atoms with Crippen LogP contribution in [-0.2, 0) is 10.0 Å². The topological polar surface area (TPSA) is 95.0 Å². The summed E-state index contributed by atoms with van der Waals surface area (Å²) in [6, 6.07) is 24.9. The van der Waals surface area contributed by atoms with Crippen molar-refractivity contribution in [2.75, 3.05) is 4.72 Å². The average molecular weight is 415 g/mol. The van der Waals surface area contributed by atoms with Crippen LogP contribution in [0.3, 0.4) is 0 Å². The van der Waals surface area contributed by atoms with Crippen molar-refractivity contribution in [1.29, 1.82) is 5.26 Å². The lowest BCUT2D eigenvalue weighted by Gasteiger charge is -2.13. The maximum Gasteiger partial charge on any atom is 0.272 e. The number of para-hydroxylation sites is 4. The summed E-state index contributed by atoms with van der Waals surface area (Å²) in [7, 11) is -4.13. The van der Waals surface area contributed by atoms with E-state index in [-0.39, 0.29) is 5.69 Å². The van der Waals surface area contributed by atoms with Crippen LogP contribution in [0.25, 0.3) is 17.0 Å². The number of aromatic nitrogens is 1. The number of nitrogens with zero attached hydrogens (tertiary/aromatic N) is 1. The Morgan fingerprint density at radius 3 is 2.47 bits per heavy atom. The molecular formula is C23H17N3O3S. The number of hydrogen-bond donors (Lipinski definition) is 2. The molecule has 2 N–H and O–H groups in total. The number of hydrogen-bond acceptors (Lipinski definition) is 4. The molecule has 30 heavy (non-hydrogen) atoms. The third kappa shape index (κ3) is 4.04. The predicted molar refractivity (Wildman–Crippen MR) is 117 cm³/mol. The molecule has 0 atom stereocenters. The number of allylic oxidation sites excluding steroid dienone is 1. The van der Waals surface area contributed by atoms with E-state index in [0.29, 0.717) is 17.1 Å². The van der Waals surface area contributed by atoms with Gasteiger partial charge in [-0.3, -0.25) is 4.72 Å². The van der Waals surface area contributed by atoms with Crippen molar-refractivity contribution >= 4 is 32.7 Å². The van der Waals surface area contributed by atoms with Crippen molar-refractivity contribution in [2.24, 2.45) is 0 Å². The summed E-state index contributed by atoms with van der Waals surface area (Å²) in [5.74, 6) is 0.899. The van der Waals surface area contributed by atoms with Gasteiger partial charge in [0.05, 0.1) is 5.69 Å². The van der Waals surface area contributed by atoms with Crippen LogP contribution in [0.15, 0.2) is 90.0 Å². The maximum absolute atomic E-state index is 12.9. The average Bonchev–Trinajstić information content (AvgIpc) is 3.17. The van der Waals surface area contributed by atoms with Gasteiger partial charge in [-0.05, 0) is 36.4 Å². The Balaban J connectivity index is 1.66. The van der Waals surface area contributed by atoms with Crippen molar-refractivity contribution in [3.05, 3.63) is 95.5 Å². The normalized spacial score (nSPS) is 11.8. The lowest BCUT2D eigenvalue weighted by Crippen LogP contribution is -2.14. The Kier molecular flexibility index (Phi) is 5.24. The van der Waals surface area contributed by atoms with Crippen LogP contribution < -0.4 is 9.46 Å². The highest BCUT2D eigenvalue weighted by Crippen LogP contribution is 2.31. The molecule has 6 nitrogen and oxygen atoms in total. The molecule has 0 saturated heterocycles. The molecule has 0 saturated carbocycles. The van der Waals surface area contributed by atoms with E-state index in [1.165, 1.54) is 6.08 Å². The van der Waals surface area contributed by atoms with Crippen LogP contribution in [0, 0.1) is 11.3 Å². The summed E-state index contributed by atoms with van der Waals surface area (Å²) < 4.78 is 34.1. The Morgan fingerprint density at radius 2 is 1.67 bits per heavy atom. The van der Waals surface area contributed by atoms with Crippen molar-refractivity contribution < 1.29 is 13.2 Å². The van der Waals surface area contributed by atoms with E-state index in [9.17, 15) is 13.7 Å². The molecule has 0 amide bonds. The van der Waals surface area contributed by atoms with Crippen LogP contribution in [0.2, 0.25) is 0 Å². The predicted octanol–water partition coefficient (Wildman–Crippen LogP) is 5.27. The van der Waals surface area contributed by atoms with Gasteiger partial charge >= 0.3 is 0 Å². The first-order valence-electron chi connectivity index (χ1n) is 9.09. The zero-order valence-electron chi connectivity index (χ0n) is 15.7. The molecule has 0 radical (unpaired) electrons. The van der Waals surface area contributed by atoms with Gasteiger partial charge in [0.2, 0.25) is 0 Å². The van der Waals surface area contributed by atoms with Gasteiger partial charge in [0.25, 0.3) is 10.0 Å². The summed E-state index contributed by atoms with van der Waals surface area (Å²) in [6.45, 7) is 0. The van der Waals surface area contributed by atoms with Gasteiger partial charge < -0.3 is 9.72 Å². The minimum absolute atomic E-state index is 0.237. The SMILES string of the molecule is N#CC(=Cc1c[nH]c2ccccc12)S(=O)(=O)Nc1ccccc1Oc1ccccc1. The van der Waals surface area contributed by atoms with Gasteiger partial charge in [0.15, 0.2) is 10.7 Å². The van der Waals surface area contributed by atoms with Gasteiger partial charge in [-0.2, -0.15) is 5.26 Å². The number of H-pyrrole nitrogens is 1. The van der Waals surface area contributed by atoms with Gasteiger partial charge in [-0.15, -0.1) is 0 Å². The van der Waals surface area contributed by atoms with Crippen LogP contribution in [0.5, 0.6) is 11.5 Å². The molecule has 0 aliphatic rings. The smallest absolute Gasteiger partial charge is 0.272 e. The number of benzene rings is 3. The number of sulfonamides is 1. The number of nitriles is 1. The van der Waals surface area contributed by atoms with Crippen molar-refractivity contribution in [3.8, 4) is 17.6 Å². The van der Waals surface area contributed by atoms with Crippen LogP contribution in [-0.4, -0.2) is 13.4 Å². The zero-order valence-corrected chi connectivity index (χ0v) is 16.6. The monoisotopic (exact) mass is 415 g/mol. The fourth-order valence-corrected chi connectivity index (χ4v) is 3.95. The summed E-state index contributed by atoms with van der Waals surface area (Å²) in [5.41, 5.74) is 1.70. The van der Waals surface area contributed by atoms with Crippen molar-refractivity contribution in [2.45, 2.75) is 0 Å². The van der Waals surface area contributed by atoms with E-state index in [1.807, 2.05) is 42.5 Å². The maximum atomic E-state index is 12.9. The van der Waals surface area contributed by atoms with Gasteiger partial charge in [0, 0.05) is 22.7 Å². The van der Waals surface area contributed by atoms with E-state index in [4.69, 9.17) is 4.74 Å². The Labute approximate surface area is 174 Å². The first-order valence-corrected chi connectivity index (χ1v) is 10.6. The molecule has 0 unspecified atom stereocenters. The Morgan fingerprint density at radius 1 is 0.967 bits per heavy atom. The van der Waals surface area contributed by atoms with Crippen LogP contribution in [0.1, 0.15) is 5.56 Å². The third-order valence-corrected chi connectivity index (χ3v) is 5.69. The Hall–Kier alpha value is -4.02. The molecule has 4 rings (SSSR count). The molecular weight excluding hydrogens is 398 g/mol. The van der Waals surface area contributed by atoms with E-state index in [1.54, 1.807) is 48.7 Å². The zero-order chi connectivity index (χ0) is 21.0. The fourth-order valence-electron chi connectivity index (χ4n) is 2.98. The highest BCUT2D eigenvalue weighted by molar-refractivity contribution is 7.97. The number of aromatic amines is 1. The van der Waals surface area contributed by atoms with Crippen molar-refractivity contribution in [1.82, 2.24) is 4.98 Å². The number of nitrogens with one attached hydrogen (secondary N) is 2. The van der Waals surface area contributed by atoms with Crippen LogP contribution in [0.4, 0.5) is 5.69 Å². The number of fused-ring (bicyclic) bond motifs is 1. The van der Waals surface area contributed by atoms with Gasteiger partial charge in [-0.1, -0.05) is 48.5 Å². The van der Waals surface area contributed by atoms with Crippen molar-refractivity contribution in [3.63, 3.8) is 0 Å².